The van der Waals surface area contributed by atoms with Gasteiger partial charge >= 0.3 is 5.97 Å². The number of phenolic OH excluding ortho intramolecular Hbond substituents is 1. The average Bonchev–Trinajstić information content (AvgIpc) is 2.84. The zero-order chi connectivity index (χ0) is 19.2. The first kappa shape index (κ1) is 19.5. The highest BCUT2D eigenvalue weighted by Gasteiger charge is 2.20. The maximum Gasteiger partial charge on any atom is 0.305 e. The predicted octanol–water partition coefficient (Wildman–Crippen LogP) is 4.25. The molecule has 0 atom stereocenters. The Labute approximate surface area is 164 Å². The molecule has 0 bridgehead atoms. The summed E-state index contributed by atoms with van der Waals surface area (Å²) in [6, 6.07) is 11.3. The van der Waals surface area contributed by atoms with Crippen molar-refractivity contribution in [2.24, 2.45) is 0 Å². The number of ether oxygens (including phenoxy) is 2. The lowest BCUT2D eigenvalue weighted by atomic mass is 10.0. The van der Waals surface area contributed by atoms with Gasteiger partial charge in [-0.2, -0.15) is 0 Å². The Morgan fingerprint density at radius 3 is 2.93 bits per heavy atom. The lowest BCUT2D eigenvalue weighted by Crippen LogP contribution is -2.27. The number of hydrogen-bond donors (Lipinski definition) is 1. The number of carbonyl (C=O) groups excluding carboxylic acids is 1. The molecule has 1 N–H and O–H groups in total. The number of aromatic hydroxyl groups is 1. The van der Waals surface area contributed by atoms with E-state index < -0.39 is 0 Å². The average molecular weight is 390 g/mol. The van der Waals surface area contributed by atoms with E-state index in [9.17, 15) is 9.90 Å². The molecule has 1 aliphatic heterocycles. The molecule has 0 unspecified atom stereocenters. The zero-order valence-electron chi connectivity index (χ0n) is 15.4. The fourth-order valence-corrected chi connectivity index (χ4v) is 3.45. The van der Waals surface area contributed by atoms with Crippen molar-refractivity contribution in [3.8, 4) is 22.6 Å². The van der Waals surface area contributed by atoms with Gasteiger partial charge in [-0.25, -0.2) is 0 Å². The van der Waals surface area contributed by atoms with Crippen LogP contribution < -0.4 is 4.74 Å². The van der Waals surface area contributed by atoms with E-state index in [2.05, 4.69) is 4.90 Å². The summed E-state index contributed by atoms with van der Waals surface area (Å²) in [6.07, 6.45) is 1.14. The van der Waals surface area contributed by atoms with E-state index in [1.807, 2.05) is 37.3 Å². The lowest BCUT2D eigenvalue weighted by molar-refractivity contribution is -0.143. The van der Waals surface area contributed by atoms with Gasteiger partial charge in [0.25, 0.3) is 0 Å². The number of nitrogens with zero attached hydrogens (tertiary/aromatic N) is 1. The molecule has 5 nitrogen and oxygen atoms in total. The fraction of sp³-hybridized carbons (Fsp3) is 0.381. The molecule has 1 aliphatic rings. The van der Waals surface area contributed by atoms with Crippen LogP contribution in [0.4, 0.5) is 0 Å². The van der Waals surface area contributed by atoms with Crippen molar-refractivity contribution < 1.29 is 19.4 Å². The number of carbonyl (C=O) groups is 1. The molecule has 0 spiro atoms. The Kier molecular flexibility index (Phi) is 6.58. The van der Waals surface area contributed by atoms with Gasteiger partial charge in [0, 0.05) is 30.1 Å². The highest BCUT2D eigenvalue weighted by atomic mass is 35.5. The molecule has 0 aliphatic carbocycles. The second-order valence-corrected chi connectivity index (χ2v) is 6.96. The molecule has 0 saturated heterocycles. The Morgan fingerprint density at radius 2 is 2.15 bits per heavy atom. The van der Waals surface area contributed by atoms with Crippen molar-refractivity contribution in [1.82, 2.24) is 4.90 Å². The maximum atomic E-state index is 11.5. The van der Waals surface area contributed by atoms with Gasteiger partial charge in [-0.3, -0.25) is 9.69 Å². The second-order valence-electron chi connectivity index (χ2n) is 6.53. The standard InChI is InChI=1S/C21H24ClNO4/c1-2-26-20(25)7-4-8-23-9-10-27-21-17(14-23)11-16(13-19(21)24)15-5-3-6-18(22)12-15/h3,5-6,11-13,24H,2,4,7-10,14H2,1H3. The van der Waals surface area contributed by atoms with Crippen molar-refractivity contribution >= 4 is 17.6 Å². The molecule has 0 amide bonds. The topological polar surface area (TPSA) is 59.0 Å². The summed E-state index contributed by atoms with van der Waals surface area (Å²) >= 11 is 6.10. The number of fused-ring (bicyclic) bond motifs is 1. The number of rotatable bonds is 6. The van der Waals surface area contributed by atoms with Gasteiger partial charge in [0.2, 0.25) is 0 Å². The summed E-state index contributed by atoms with van der Waals surface area (Å²) < 4.78 is 10.8. The first-order valence-electron chi connectivity index (χ1n) is 9.19. The third-order valence-corrected chi connectivity index (χ3v) is 4.75. The van der Waals surface area contributed by atoms with Crippen LogP contribution in [0.2, 0.25) is 5.02 Å². The lowest BCUT2D eigenvalue weighted by Gasteiger charge is -2.19. The van der Waals surface area contributed by atoms with Crippen LogP contribution in [0.15, 0.2) is 36.4 Å². The smallest absolute Gasteiger partial charge is 0.305 e. The SMILES string of the molecule is CCOC(=O)CCCN1CCOc2c(O)cc(-c3cccc(Cl)c3)cc2C1. The van der Waals surface area contributed by atoms with Crippen molar-refractivity contribution in [3.63, 3.8) is 0 Å². The van der Waals surface area contributed by atoms with Gasteiger partial charge in [-0.15, -0.1) is 0 Å². The van der Waals surface area contributed by atoms with Crippen molar-refractivity contribution in [3.05, 3.63) is 47.0 Å². The summed E-state index contributed by atoms with van der Waals surface area (Å²) in [6.45, 7) is 4.88. The zero-order valence-corrected chi connectivity index (χ0v) is 16.2. The fourth-order valence-electron chi connectivity index (χ4n) is 3.26. The molecule has 0 saturated carbocycles. The van der Waals surface area contributed by atoms with E-state index in [0.29, 0.717) is 37.0 Å². The van der Waals surface area contributed by atoms with Gasteiger partial charge < -0.3 is 14.6 Å². The molecule has 2 aromatic rings. The Bertz CT molecular complexity index is 809. The van der Waals surface area contributed by atoms with Crippen LogP contribution in [0.3, 0.4) is 0 Å². The minimum absolute atomic E-state index is 0.135. The van der Waals surface area contributed by atoms with Crippen LogP contribution in [0.1, 0.15) is 25.3 Å². The van der Waals surface area contributed by atoms with Crippen LogP contribution in [-0.4, -0.2) is 42.3 Å². The first-order valence-corrected chi connectivity index (χ1v) is 9.57. The summed E-state index contributed by atoms with van der Waals surface area (Å²) in [5.74, 6) is 0.509. The number of esters is 1. The Morgan fingerprint density at radius 1 is 1.30 bits per heavy atom. The summed E-state index contributed by atoms with van der Waals surface area (Å²) in [5.41, 5.74) is 2.77. The minimum Gasteiger partial charge on any atom is -0.504 e. The monoisotopic (exact) mass is 389 g/mol. The van der Waals surface area contributed by atoms with Gasteiger partial charge in [0.1, 0.15) is 6.61 Å². The normalized spacial score (nSPS) is 14.1. The molecule has 144 valence electrons. The van der Waals surface area contributed by atoms with Crippen LogP contribution in [0.5, 0.6) is 11.5 Å². The number of phenols is 1. The molecular formula is C21H24ClNO4. The minimum atomic E-state index is -0.162. The maximum absolute atomic E-state index is 11.5. The molecular weight excluding hydrogens is 366 g/mol. The van der Waals surface area contributed by atoms with E-state index in [1.54, 1.807) is 6.07 Å². The van der Waals surface area contributed by atoms with Gasteiger partial charge in [-0.05, 0) is 55.3 Å². The van der Waals surface area contributed by atoms with Crippen LogP contribution in [0.25, 0.3) is 11.1 Å². The quantitative estimate of drug-likeness (QED) is 0.748. The third-order valence-electron chi connectivity index (χ3n) is 4.51. The largest absolute Gasteiger partial charge is 0.504 e. The number of halogens is 1. The summed E-state index contributed by atoms with van der Waals surface area (Å²) in [7, 11) is 0. The van der Waals surface area contributed by atoms with E-state index in [-0.39, 0.29) is 11.7 Å². The molecule has 27 heavy (non-hydrogen) atoms. The second kappa shape index (κ2) is 9.11. The number of hydrogen-bond acceptors (Lipinski definition) is 5. The highest BCUT2D eigenvalue weighted by molar-refractivity contribution is 6.30. The molecule has 3 rings (SSSR count). The third kappa shape index (κ3) is 5.15. The van der Waals surface area contributed by atoms with E-state index in [4.69, 9.17) is 21.1 Å². The first-order chi connectivity index (χ1) is 13.1. The van der Waals surface area contributed by atoms with E-state index >= 15 is 0 Å². The summed E-state index contributed by atoms with van der Waals surface area (Å²) in [4.78, 5) is 13.7. The Balaban J connectivity index is 1.74. The molecule has 2 aromatic carbocycles. The molecule has 1 heterocycles. The van der Waals surface area contributed by atoms with Crippen molar-refractivity contribution in [2.45, 2.75) is 26.3 Å². The van der Waals surface area contributed by atoms with Crippen molar-refractivity contribution in [2.75, 3.05) is 26.3 Å². The van der Waals surface area contributed by atoms with Crippen molar-refractivity contribution in [1.29, 1.82) is 0 Å². The highest BCUT2D eigenvalue weighted by Crippen LogP contribution is 2.38. The summed E-state index contributed by atoms with van der Waals surface area (Å²) in [5, 5.41) is 11.1. The van der Waals surface area contributed by atoms with Gasteiger partial charge in [0.05, 0.1) is 6.61 Å². The van der Waals surface area contributed by atoms with Crippen LogP contribution in [-0.2, 0) is 16.1 Å². The van der Waals surface area contributed by atoms with Crippen LogP contribution in [0, 0.1) is 0 Å². The molecule has 6 heteroatoms. The van der Waals surface area contributed by atoms with E-state index in [0.717, 1.165) is 36.2 Å². The van der Waals surface area contributed by atoms with Gasteiger partial charge in [-0.1, -0.05) is 23.7 Å². The van der Waals surface area contributed by atoms with Crippen LogP contribution >= 0.6 is 11.6 Å². The molecule has 0 fully saturated rings. The number of benzene rings is 2. The Hall–Kier alpha value is -2.24. The van der Waals surface area contributed by atoms with E-state index in [1.165, 1.54) is 0 Å². The van der Waals surface area contributed by atoms with Gasteiger partial charge in [0.15, 0.2) is 11.5 Å². The molecule has 0 aromatic heterocycles. The molecule has 0 radical (unpaired) electrons. The predicted molar refractivity (Wildman–Crippen MR) is 105 cm³/mol.